The van der Waals surface area contributed by atoms with Crippen molar-refractivity contribution >= 4 is 5.97 Å². The van der Waals surface area contributed by atoms with Gasteiger partial charge in [-0.25, -0.2) is 0 Å². The zero-order valence-corrected chi connectivity index (χ0v) is 30.6. The summed E-state index contributed by atoms with van der Waals surface area (Å²) in [5, 5.41) is 22.6. The second-order valence-electron chi connectivity index (χ2n) is 19.0. The molecule has 6 fully saturated rings. The molecule has 0 unspecified atom stereocenters. The van der Waals surface area contributed by atoms with Crippen molar-refractivity contribution in [2.45, 2.75) is 150 Å². The number of carboxylic acids is 1. The van der Waals surface area contributed by atoms with Gasteiger partial charge in [-0.3, -0.25) is 4.79 Å². The number of hydrogen-bond donors (Lipinski definition) is 2. The molecule has 6 aliphatic rings. The molecule has 0 aromatic heterocycles. The predicted molar refractivity (Wildman–Crippen MR) is 186 cm³/mol. The second-order valence-corrected chi connectivity index (χ2v) is 19.0. The highest BCUT2D eigenvalue weighted by Gasteiger charge is 2.76. The van der Waals surface area contributed by atoms with E-state index in [0.29, 0.717) is 17.8 Å². The topological polar surface area (TPSA) is 76.0 Å². The minimum Gasteiger partial charge on any atom is -0.481 e. The maximum Gasteiger partial charge on any atom is 0.309 e. The van der Waals surface area contributed by atoms with Crippen LogP contribution >= 0.6 is 0 Å². The molecule has 2 N–H and O–H groups in total. The molecule has 12 atom stereocenters. The van der Waals surface area contributed by atoms with Crippen molar-refractivity contribution in [2.24, 2.45) is 56.2 Å². The monoisotopic (exact) mass is 648 g/mol. The fourth-order valence-electron chi connectivity index (χ4n) is 14.3. The molecule has 2 bridgehead atoms. The van der Waals surface area contributed by atoms with E-state index in [-0.39, 0.29) is 39.1 Å². The van der Waals surface area contributed by atoms with Crippen molar-refractivity contribution in [2.75, 3.05) is 13.7 Å². The number of methoxy groups -OCH3 is 1. The number of ether oxygens (including phenoxy) is 2. The minimum absolute atomic E-state index is 0.0109. The Hall–Kier alpha value is -1.43. The lowest BCUT2D eigenvalue weighted by Gasteiger charge is -2.75. The first-order chi connectivity index (χ1) is 22.1. The number of fused-ring (bicyclic) bond motifs is 7. The zero-order valence-electron chi connectivity index (χ0n) is 30.6. The van der Waals surface area contributed by atoms with Crippen molar-refractivity contribution in [3.05, 3.63) is 35.4 Å². The van der Waals surface area contributed by atoms with Gasteiger partial charge in [0.15, 0.2) is 5.79 Å². The van der Waals surface area contributed by atoms with Crippen LogP contribution in [0.5, 0.6) is 0 Å². The Morgan fingerprint density at radius 2 is 1.49 bits per heavy atom. The Labute approximate surface area is 285 Å². The number of aliphatic carboxylic acids is 1. The Morgan fingerprint density at radius 1 is 0.851 bits per heavy atom. The largest absolute Gasteiger partial charge is 0.481 e. The molecule has 1 aromatic rings. The molecule has 1 heterocycles. The van der Waals surface area contributed by atoms with Crippen LogP contribution in [0.4, 0.5) is 0 Å². The molecule has 0 amide bonds. The van der Waals surface area contributed by atoms with Crippen LogP contribution in [-0.2, 0) is 27.1 Å². The zero-order chi connectivity index (χ0) is 33.7. The summed E-state index contributed by atoms with van der Waals surface area (Å²) in [5.41, 5.74) is 2.75. The number of rotatable bonds is 8. The first-order valence-corrected chi connectivity index (χ1v) is 19.3. The standard InChI is InChI=1S/C42H64O5/c1-8-9-32-41-17-14-30-38(4,22-24-40(6)33-27-37(3,35(43)44)20-19-36(33,2)21-23-39(30,40)5)31(41)15-18-42(32,45)47-34(41)26-29-12-10-28(11-13-29)16-25-46-7/h10-13,30-34,45H,8-9,14-27H2,1-7H3,(H,43,44)/t30-,31+,32+,33-,34+,36+,37-,38-,39-,40-,41-,42+/m1/s1. The Balaban J connectivity index is 1.24. The highest BCUT2D eigenvalue weighted by atomic mass is 16.6. The molecule has 1 aromatic carbocycles. The summed E-state index contributed by atoms with van der Waals surface area (Å²) in [6.07, 6.45) is 15.7. The molecular formula is C42H64O5. The highest BCUT2D eigenvalue weighted by molar-refractivity contribution is 5.74. The van der Waals surface area contributed by atoms with E-state index in [1.165, 1.54) is 43.2 Å². The van der Waals surface area contributed by atoms with Crippen LogP contribution in [0, 0.1) is 56.2 Å². The van der Waals surface area contributed by atoms with E-state index in [0.717, 1.165) is 70.8 Å². The quantitative estimate of drug-likeness (QED) is 0.294. The van der Waals surface area contributed by atoms with Crippen molar-refractivity contribution < 1.29 is 24.5 Å². The smallest absolute Gasteiger partial charge is 0.309 e. The van der Waals surface area contributed by atoms with Gasteiger partial charge in [-0.15, -0.1) is 0 Å². The molecule has 1 aliphatic heterocycles. The van der Waals surface area contributed by atoms with Crippen LogP contribution < -0.4 is 0 Å². The number of carboxylic acid groups (broad SMARTS) is 1. The molecule has 5 heteroatoms. The van der Waals surface area contributed by atoms with Gasteiger partial charge in [0.1, 0.15) is 0 Å². The van der Waals surface area contributed by atoms with E-state index in [2.05, 4.69) is 58.9 Å². The fourth-order valence-corrected chi connectivity index (χ4v) is 14.3. The van der Waals surface area contributed by atoms with Crippen molar-refractivity contribution in [3.63, 3.8) is 0 Å². The average Bonchev–Trinajstić information content (AvgIpc) is 3.16. The fraction of sp³-hybridized carbons (Fsp3) is 0.833. The summed E-state index contributed by atoms with van der Waals surface area (Å²) in [7, 11) is 1.76. The second kappa shape index (κ2) is 11.3. The minimum atomic E-state index is -1.01. The summed E-state index contributed by atoms with van der Waals surface area (Å²) in [5.74, 6) is 0.174. The molecule has 47 heavy (non-hydrogen) atoms. The van der Waals surface area contributed by atoms with Gasteiger partial charge in [0.2, 0.25) is 0 Å². The summed E-state index contributed by atoms with van der Waals surface area (Å²) in [6.45, 7) is 15.5. The molecule has 1 saturated heterocycles. The highest BCUT2D eigenvalue weighted by Crippen LogP contribution is 2.80. The number of carbonyl (C=O) groups is 1. The van der Waals surface area contributed by atoms with Gasteiger partial charge in [-0.2, -0.15) is 0 Å². The van der Waals surface area contributed by atoms with Crippen molar-refractivity contribution in [1.82, 2.24) is 0 Å². The summed E-state index contributed by atoms with van der Waals surface area (Å²) >= 11 is 0. The van der Waals surface area contributed by atoms with Gasteiger partial charge in [-0.1, -0.05) is 65.3 Å². The van der Waals surface area contributed by atoms with Crippen LogP contribution in [0.15, 0.2) is 24.3 Å². The van der Waals surface area contributed by atoms with Crippen LogP contribution in [0.2, 0.25) is 0 Å². The maximum absolute atomic E-state index is 12.6. The van der Waals surface area contributed by atoms with E-state index in [1.54, 1.807) is 7.11 Å². The normalized spacial score (nSPS) is 50.2. The summed E-state index contributed by atoms with van der Waals surface area (Å²) < 4.78 is 12.3. The molecule has 0 radical (unpaired) electrons. The van der Waals surface area contributed by atoms with Crippen LogP contribution in [-0.4, -0.2) is 41.8 Å². The Bertz CT molecular complexity index is 1360. The number of hydrogen-bond acceptors (Lipinski definition) is 4. The molecule has 5 aliphatic carbocycles. The lowest BCUT2D eigenvalue weighted by Crippen LogP contribution is -2.69. The van der Waals surface area contributed by atoms with Crippen LogP contribution in [0.1, 0.15) is 136 Å². The molecule has 262 valence electrons. The first kappa shape index (κ1) is 34.0. The predicted octanol–water partition coefficient (Wildman–Crippen LogP) is 9.23. The third kappa shape index (κ3) is 4.67. The van der Waals surface area contributed by atoms with Gasteiger partial charge in [0, 0.05) is 24.9 Å². The Morgan fingerprint density at radius 3 is 2.17 bits per heavy atom. The van der Waals surface area contributed by atoms with Crippen LogP contribution in [0.3, 0.4) is 0 Å². The van der Waals surface area contributed by atoms with Gasteiger partial charge in [0.05, 0.1) is 18.1 Å². The Kier molecular flexibility index (Phi) is 8.18. The molecule has 1 spiro atoms. The number of aliphatic hydroxyl groups is 1. The van der Waals surface area contributed by atoms with E-state index in [1.807, 2.05) is 6.92 Å². The van der Waals surface area contributed by atoms with Crippen LogP contribution in [0.25, 0.3) is 0 Å². The summed E-state index contributed by atoms with van der Waals surface area (Å²) in [6, 6.07) is 9.08. The SMILES string of the molecule is CCC[C@H]1[C@@]23CC[C@@H]4[C@@](C)(CC[C@]5(C)[C@@H]6C[C@](C)(C(=O)O)CC[C@@]6(C)CC[C@]45C)[C@@H]2CC[C@]1(O)O[C@H]3Cc1ccc(CCOC)cc1. The van der Waals surface area contributed by atoms with Gasteiger partial charge >= 0.3 is 5.97 Å². The van der Waals surface area contributed by atoms with Gasteiger partial charge in [0.25, 0.3) is 0 Å². The molecule has 7 rings (SSSR count). The molecular weight excluding hydrogens is 584 g/mol. The van der Waals surface area contributed by atoms with Gasteiger partial charge in [-0.05, 0) is 141 Å². The van der Waals surface area contributed by atoms with E-state index < -0.39 is 17.2 Å². The first-order valence-electron chi connectivity index (χ1n) is 19.3. The lowest BCUT2D eigenvalue weighted by atomic mass is 9.29. The third-order valence-corrected chi connectivity index (χ3v) is 17.2. The maximum atomic E-state index is 12.6. The van der Waals surface area contributed by atoms with E-state index in [9.17, 15) is 15.0 Å². The van der Waals surface area contributed by atoms with Crippen molar-refractivity contribution in [3.8, 4) is 0 Å². The van der Waals surface area contributed by atoms with Gasteiger partial charge < -0.3 is 19.7 Å². The third-order valence-electron chi connectivity index (χ3n) is 17.2. The molecule has 5 saturated carbocycles. The van der Waals surface area contributed by atoms with Crippen molar-refractivity contribution in [1.29, 1.82) is 0 Å². The average molecular weight is 649 g/mol. The van der Waals surface area contributed by atoms with E-state index >= 15 is 0 Å². The summed E-state index contributed by atoms with van der Waals surface area (Å²) in [4.78, 5) is 12.6. The molecule has 5 nitrogen and oxygen atoms in total. The number of benzene rings is 1. The van der Waals surface area contributed by atoms with E-state index in [4.69, 9.17) is 9.47 Å². The lowest BCUT2D eigenvalue weighted by molar-refractivity contribution is -0.269.